The predicted octanol–water partition coefficient (Wildman–Crippen LogP) is 2.66. The maximum Gasteiger partial charge on any atom is 0.249 e. The zero-order valence-electron chi connectivity index (χ0n) is 12.7. The van der Waals surface area contributed by atoms with E-state index in [1.54, 1.807) is 0 Å². The minimum atomic E-state index is 0.108. The van der Waals surface area contributed by atoms with Crippen molar-refractivity contribution < 1.29 is 4.52 Å². The number of aromatic nitrogens is 2. The minimum Gasteiger partial charge on any atom is -0.373 e. The Labute approximate surface area is 125 Å². The highest BCUT2D eigenvalue weighted by atomic mass is 16.5. The highest BCUT2D eigenvalue weighted by Crippen LogP contribution is 2.32. The molecule has 3 rings (SSSR count). The van der Waals surface area contributed by atoms with Crippen LogP contribution < -0.4 is 5.32 Å². The van der Waals surface area contributed by atoms with E-state index in [0.29, 0.717) is 5.89 Å². The molecule has 1 aromatic heterocycles. The molecule has 0 bridgehead atoms. The lowest BCUT2D eigenvalue weighted by Gasteiger charge is -2.16. The quantitative estimate of drug-likeness (QED) is 0.884. The fourth-order valence-corrected chi connectivity index (χ4v) is 2.76. The van der Waals surface area contributed by atoms with Crippen molar-refractivity contribution >= 4 is 5.69 Å². The molecule has 2 heterocycles. The Bertz CT molecular complexity index is 566. The summed E-state index contributed by atoms with van der Waals surface area (Å²) in [6.45, 7) is 7.43. The Morgan fingerprint density at radius 1 is 1.29 bits per heavy atom. The zero-order chi connectivity index (χ0) is 14.7. The summed E-state index contributed by atoms with van der Waals surface area (Å²) in [7, 11) is 0. The van der Waals surface area contributed by atoms with E-state index >= 15 is 0 Å². The molecule has 0 radical (unpaired) electrons. The molecule has 5 nitrogen and oxygen atoms in total. The van der Waals surface area contributed by atoms with E-state index in [1.807, 2.05) is 6.07 Å². The highest BCUT2D eigenvalue weighted by molar-refractivity contribution is 5.56. The van der Waals surface area contributed by atoms with Gasteiger partial charge in [-0.1, -0.05) is 37.2 Å². The van der Waals surface area contributed by atoms with Gasteiger partial charge in [0.25, 0.3) is 0 Å². The van der Waals surface area contributed by atoms with Crippen LogP contribution >= 0.6 is 0 Å². The van der Waals surface area contributed by atoms with E-state index in [4.69, 9.17) is 4.52 Å². The van der Waals surface area contributed by atoms with Crippen molar-refractivity contribution in [3.8, 4) is 0 Å². The SMILES string of the molecule is CCN(CC)CCc1noc(C2Cc3ccccc3N2)n1. The van der Waals surface area contributed by atoms with Crippen LogP contribution in [0.5, 0.6) is 0 Å². The van der Waals surface area contributed by atoms with Crippen LogP contribution in [0.15, 0.2) is 28.8 Å². The molecule has 5 heteroatoms. The van der Waals surface area contributed by atoms with Crippen LogP contribution in [-0.4, -0.2) is 34.7 Å². The van der Waals surface area contributed by atoms with E-state index in [1.165, 1.54) is 11.3 Å². The first-order chi connectivity index (χ1) is 10.3. The van der Waals surface area contributed by atoms with Crippen LogP contribution in [0.2, 0.25) is 0 Å². The molecule has 0 amide bonds. The lowest BCUT2D eigenvalue weighted by Crippen LogP contribution is -2.25. The van der Waals surface area contributed by atoms with Gasteiger partial charge in [0.1, 0.15) is 6.04 Å². The van der Waals surface area contributed by atoms with Crippen molar-refractivity contribution in [2.45, 2.75) is 32.7 Å². The molecule has 1 N–H and O–H groups in total. The first-order valence-electron chi connectivity index (χ1n) is 7.69. The smallest absolute Gasteiger partial charge is 0.249 e. The Morgan fingerprint density at radius 3 is 2.86 bits per heavy atom. The van der Waals surface area contributed by atoms with Crippen LogP contribution in [-0.2, 0) is 12.8 Å². The first kappa shape index (κ1) is 14.1. The number of likely N-dealkylation sites (N-methyl/N-ethyl adjacent to an activating group) is 1. The van der Waals surface area contributed by atoms with E-state index in [-0.39, 0.29) is 6.04 Å². The largest absolute Gasteiger partial charge is 0.373 e. The second-order valence-corrected chi connectivity index (χ2v) is 5.38. The van der Waals surface area contributed by atoms with Gasteiger partial charge in [0.15, 0.2) is 5.82 Å². The van der Waals surface area contributed by atoms with Crippen LogP contribution in [0, 0.1) is 0 Å². The number of hydrogen-bond acceptors (Lipinski definition) is 5. The van der Waals surface area contributed by atoms with Crippen molar-refractivity contribution in [2.24, 2.45) is 0 Å². The normalized spacial score (nSPS) is 17.0. The summed E-state index contributed by atoms with van der Waals surface area (Å²) in [4.78, 5) is 6.91. The molecule has 1 atom stereocenters. The highest BCUT2D eigenvalue weighted by Gasteiger charge is 2.26. The summed E-state index contributed by atoms with van der Waals surface area (Å²) < 4.78 is 5.44. The third kappa shape index (κ3) is 3.08. The van der Waals surface area contributed by atoms with Crippen LogP contribution in [0.25, 0.3) is 0 Å². The predicted molar refractivity (Wildman–Crippen MR) is 82.3 cm³/mol. The molecule has 112 valence electrons. The van der Waals surface area contributed by atoms with Gasteiger partial charge in [-0.05, 0) is 24.7 Å². The number of anilines is 1. The molecule has 0 saturated carbocycles. The monoisotopic (exact) mass is 286 g/mol. The average Bonchev–Trinajstić information content (AvgIpc) is 3.14. The number of fused-ring (bicyclic) bond motifs is 1. The molecule has 0 fully saturated rings. The molecule has 21 heavy (non-hydrogen) atoms. The van der Waals surface area contributed by atoms with E-state index < -0.39 is 0 Å². The molecule has 1 aliphatic heterocycles. The third-order valence-corrected chi connectivity index (χ3v) is 4.10. The summed E-state index contributed by atoms with van der Waals surface area (Å²) in [5, 5.41) is 7.56. The lowest BCUT2D eigenvalue weighted by molar-refractivity contribution is 0.302. The van der Waals surface area contributed by atoms with Gasteiger partial charge in [-0.2, -0.15) is 4.98 Å². The average molecular weight is 286 g/mol. The molecular formula is C16H22N4O. The number of nitrogens with zero attached hydrogens (tertiary/aromatic N) is 3. The Kier molecular flexibility index (Phi) is 4.20. The number of nitrogens with one attached hydrogen (secondary N) is 1. The molecule has 1 aromatic carbocycles. The first-order valence-corrected chi connectivity index (χ1v) is 7.69. The van der Waals surface area contributed by atoms with Gasteiger partial charge in [0, 0.05) is 25.1 Å². The van der Waals surface area contributed by atoms with E-state index in [2.05, 4.69) is 52.4 Å². The minimum absolute atomic E-state index is 0.108. The van der Waals surface area contributed by atoms with Crippen molar-refractivity contribution in [3.05, 3.63) is 41.5 Å². The molecule has 1 unspecified atom stereocenters. The fourth-order valence-electron chi connectivity index (χ4n) is 2.76. The zero-order valence-corrected chi connectivity index (χ0v) is 12.7. The van der Waals surface area contributed by atoms with Crippen molar-refractivity contribution in [2.75, 3.05) is 25.0 Å². The second-order valence-electron chi connectivity index (χ2n) is 5.38. The Balaban J connectivity index is 1.61. The van der Waals surface area contributed by atoms with Crippen LogP contribution in [0.1, 0.15) is 37.2 Å². The van der Waals surface area contributed by atoms with Crippen molar-refractivity contribution in [1.29, 1.82) is 0 Å². The van der Waals surface area contributed by atoms with Gasteiger partial charge in [-0.3, -0.25) is 0 Å². The van der Waals surface area contributed by atoms with Gasteiger partial charge in [0.2, 0.25) is 5.89 Å². The number of benzene rings is 1. The molecule has 1 aliphatic rings. The molecule has 0 saturated heterocycles. The molecule has 2 aromatic rings. The van der Waals surface area contributed by atoms with Gasteiger partial charge in [0.05, 0.1) is 0 Å². The Morgan fingerprint density at radius 2 is 2.10 bits per heavy atom. The molecule has 0 aliphatic carbocycles. The van der Waals surface area contributed by atoms with Gasteiger partial charge >= 0.3 is 0 Å². The molecule has 0 spiro atoms. The topological polar surface area (TPSA) is 54.2 Å². The second kappa shape index (κ2) is 6.26. The fraction of sp³-hybridized carbons (Fsp3) is 0.500. The number of hydrogen-bond donors (Lipinski definition) is 1. The lowest BCUT2D eigenvalue weighted by atomic mass is 10.1. The summed E-state index contributed by atoms with van der Waals surface area (Å²) in [6, 6.07) is 8.44. The van der Waals surface area contributed by atoms with Gasteiger partial charge in [-0.15, -0.1) is 0 Å². The maximum atomic E-state index is 5.44. The van der Waals surface area contributed by atoms with Gasteiger partial charge < -0.3 is 14.7 Å². The molecular weight excluding hydrogens is 264 g/mol. The van der Waals surface area contributed by atoms with Crippen LogP contribution in [0.4, 0.5) is 5.69 Å². The van der Waals surface area contributed by atoms with Crippen molar-refractivity contribution in [1.82, 2.24) is 15.0 Å². The summed E-state index contributed by atoms with van der Waals surface area (Å²) >= 11 is 0. The van der Waals surface area contributed by atoms with Crippen LogP contribution in [0.3, 0.4) is 0 Å². The summed E-state index contributed by atoms with van der Waals surface area (Å²) in [5.41, 5.74) is 2.48. The summed E-state index contributed by atoms with van der Waals surface area (Å²) in [6.07, 6.45) is 1.75. The maximum absolute atomic E-state index is 5.44. The van der Waals surface area contributed by atoms with E-state index in [0.717, 1.165) is 38.3 Å². The van der Waals surface area contributed by atoms with E-state index in [9.17, 15) is 0 Å². The van der Waals surface area contributed by atoms with Crippen molar-refractivity contribution in [3.63, 3.8) is 0 Å². The number of para-hydroxylation sites is 1. The van der Waals surface area contributed by atoms with Gasteiger partial charge in [-0.25, -0.2) is 0 Å². The third-order valence-electron chi connectivity index (χ3n) is 4.10. The number of rotatable bonds is 6. The Hall–Kier alpha value is -1.88. The standard InChI is InChI=1S/C16H22N4O/c1-3-20(4-2)10-9-15-18-16(21-19-15)14-11-12-7-5-6-8-13(12)17-14/h5-8,14,17H,3-4,9-11H2,1-2H3. The summed E-state index contributed by atoms with van der Waals surface area (Å²) in [5.74, 6) is 1.50.